The molecule has 0 bridgehead atoms. The molecule has 2 amide bonds. The van der Waals surface area contributed by atoms with E-state index in [9.17, 15) is 31.5 Å². The summed E-state index contributed by atoms with van der Waals surface area (Å²) in [4.78, 5) is 25.3. The normalized spacial score (nSPS) is 11.2. The van der Waals surface area contributed by atoms with Gasteiger partial charge in [-0.1, -0.05) is 36.4 Å². The van der Waals surface area contributed by atoms with Crippen molar-refractivity contribution in [3.8, 4) is 22.6 Å². The molecule has 0 aliphatic heterocycles. The van der Waals surface area contributed by atoms with Gasteiger partial charge in [0.2, 0.25) is 0 Å². The van der Waals surface area contributed by atoms with Crippen LogP contribution >= 0.6 is 0 Å². The summed E-state index contributed by atoms with van der Waals surface area (Å²) in [6.07, 6.45) is -5.06. The van der Waals surface area contributed by atoms with Crippen LogP contribution < -0.4 is 14.9 Å². The Bertz CT molecular complexity index is 1230. The van der Waals surface area contributed by atoms with Crippen molar-refractivity contribution in [2.75, 3.05) is 6.61 Å². The average Bonchev–Trinajstić information content (AvgIpc) is 2.81. The highest BCUT2D eigenvalue weighted by atomic mass is 19.4. The van der Waals surface area contributed by atoms with Gasteiger partial charge in [-0.25, -0.2) is 13.8 Å². The Morgan fingerprint density at radius 3 is 2.22 bits per heavy atom. The van der Waals surface area contributed by atoms with Gasteiger partial charge in [0, 0.05) is 28.8 Å². The molecule has 0 heterocycles. The summed E-state index contributed by atoms with van der Waals surface area (Å²) in [5.41, 5.74) is 2.01. The van der Waals surface area contributed by atoms with Crippen LogP contribution in [0.2, 0.25) is 0 Å². The summed E-state index contributed by atoms with van der Waals surface area (Å²) in [5.74, 6) is -5.08. The Labute approximate surface area is 203 Å². The van der Waals surface area contributed by atoms with E-state index in [0.717, 1.165) is 23.2 Å². The zero-order chi connectivity index (χ0) is 26.5. The van der Waals surface area contributed by atoms with Gasteiger partial charge in [0.15, 0.2) is 18.2 Å². The van der Waals surface area contributed by atoms with E-state index in [2.05, 4.69) is 10.2 Å². The Kier molecular flexibility index (Phi) is 8.13. The Morgan fingerprint density at radius 1 is 0.944 bits per heavy atom. The number of carbonyl (C=O) groups excluding carboxylic acids is 2. The third kappa shape index (κ3) is 6.71. The lowest BCUT2D eigenvalue weighted by atomic mass is 10.0. The molecule has 0 unspecified atom stereocenters. The van der Waals surface area contributed by atoms with Gasteiger partial charge < -0.3 is 9.47 Å². The maximum Gasteiger partial charge on any atom is 0.573 e. The molecule has 0 aliphatic carbocycles. The highest BCUT2D eigenvalue weighted by Gasteiger charge is 2.33. The number of alkyl halides is 3. The second-order valence-electron chi connectivity index (χ2n) is 7.76. The van der Waals surface area contributed by atoms with Gasteiger partial charge in [-0.05, 0) is 38.1 Å². The number of amides is 2. The number of nitrogens with zero attached hydrogens (tertiary/aromatic N) is 1. The van der Waals surface area contributed by atoms with Crippen molar-refractivity contribution in [1.82, 2.24) is 10.4 Å². The van der Waals surface area contributed by atoms with Gasteiger partial charge in [0.25, 0.3) is 11.8 Å². The Balaban J connectivity index is 1.87. The van der Waals surface area contributed by atoms with Gasteiger partial charge in [-0.2, -0.15) is 0 Å². The van der Waals surface area contributed by atoms with Crippen LogP contribution in [0.1, 0.15) is 24.2 Å². The fraction of sp³-hybridized carbons (Fsp3) is 0.200. The topological polar surface area (TPSA) is 67.9 Å². The summed E-state index contributed by atoms with van der Waals surface area (Å²) < 4.78 is 76.6. The van der Waals surface area contributed by atoms with E-state index in [1.54, 1.807) is 32.0 Å². The molecule has 0 fully saturated rings. The highest BCUT2D eigenvalue weighted by Crippen LogP contribution is 2.40. The van der Waals surface area contributed by atoms with Crippen molar-refractivity contribution in [2.45, 2.75) is 26.3 Å². The summed E-state index contributed by atoms with van der Waals surface area (Å²) in [6, 6.07) is 13.5. The van der Waals surface area contributed by atoms with Crippen LogP contribution in [-0.4, -0.2) is 35.8 Å². The van der Waals surface area contributed by atoms with Crippen LogP contribution in [0.25, 0.3) is 11.1 Å². The van der Waals surface area contributed by atoms with Crippen molar-refractivity contribution in [3.63, 3.8) is 0 Å². The summed E-state index contributed by atoms with van der Waals surface area (Å²) in [6.45, 7) is 2.40. The Morgan fingerprint density at radius 2 is 1.58 bits per heavy atom. The van der Waals surface area contributed by atoms with Crippen LogP contribution in [0.4, 0.5) is 22.0 Å². The van der Waals surface area contributed by atoms with Crippen LogP contribution in [0.15, 0.2) is 66.7 Å². The van der Waals surface area contributed by atoms with Crippen molar-refractivity contribution in [2.24, 2.45) is 0 Å². The molecule has 0 saturated carbocycles. The smallest absolute Gasteiger partial charge is 0.480 e. The molecule has 36 heavy (non-hydrogen) atoms. The first-order chi connectivity index (χ1) is 17.0. The number of rotatable bonds is 7. The monoisotopic (exact) mass is 508 g/mol. The van der Waals surface area contributed by atoms with Crippen LogP contribution in [0, 0.1) is 11.6 Å². The molecule has 3 aromatic carbocycles. The minimum atomic E-state index is -5.06. The molecule has 0 saturated heterocycles. The number of hydrogen-bond donors (Lipinski definition) is 1. The molecule has 190 valence electrons. The standard InChI is InChI=1S/C25H21F5N2O4/c1-15(2)32(31-24(34)16-8-4-3-5-9-16)22(33)14-35-23-19(12-17(26)13-20(23)27)18-10-6-7-11-21(18)36-25(28,29)30/h3-13,15H,14H2,1-2H3,(H,31,34). The molecule has 0 spiro atoms. The summed E-state index contributed by atoms with van der Waals surface area (Å²) in [5, 5.41) is 0.969. The van der Waals surface area contributed by atoms with E-state index in [0.29, 0.717) is 6.07 Å². The number of hydrazine groups is 1. The number of halogens is 5. The molecule has 6 nitrogen and oxygen atoms in total. The predicted octanol–water partition coefficient (Wildman–Crippen LogP) is 5.49. The van der Waals surface area contributed by atoms with Gasteiger partial charge in [0.1, 0.15) is 11.6 Å². The highest BCUT2D eigenvalue weighted by molar-refractivity contribution is 5.95. The third-order valence-electron chi connectivity index (χ3n) is 4.79. The quantitative estimate of drug-likeness (QED) is 0.339. The number of ether oxygens (including phenoxy) is 2. The van der Waals surface area contributed by atoms with Crippen molar-refractivity contribution < 1.29 is 41.0 Å². The molecule has 1 N–H and O–H groups in total. The maximum atomic E-state index is 14.7. The lowest BCUT2D eigenvalue weighted by molar-refractivity contribution is -0.274. The first kappa shape index (κ1) is 26.5. The zero-order valence-corrected chi connectivity index (χ0v) is 19.1. The number of carbonyl (C=O) groups is 2. The van der Waals surface area contributed by atoms with Crippen LogP contribution in [-0.2, 0) is 4.79 Å². The molecule has 0 atom stereocenters. The van der Waals surface area contributed by atoms with Gasteiger partial charge >= 0.3 is 6.36 Å². The van der Waals surface area contributed by atoms with Gasteiger partial charge in [-0.15, -0.1) is 13.2 Å². The van der Waals surface area contributed by atoms with Crippen molar-refractivity contribution >= 4 is 11.8 Å². The second-order valence-corrected chi connectivity index (χ2v) is 7.76. The van der Waals surface area contributed by atoms with E-state index in [-0.39, 0.29) is 11.1 Å². The molecule has 0 aliphatic rings. The lowest BCUT2D eigenvalue weighted by Gasteiger charge is -2.27. The van der Waals surface area contributed by atoms with Gasteiger partial charge in [0.05, 0.1) is 0 Å². The average molecular weight is 508 g/mol. The minimum Gasteiger partial charge on any atom is -0.480 e. The summed E-state index contributed by atoms with van der Waals surface area (Å²) in [7, 11) is 0. The van der Waals surface area contributed by atoms with Crippen molar-refractivity contribution in [3.05, 3.63) is 83.9 Å². The maximum absolute atomic E-state index is 14.7. The number of hydrogen-bond acceptors (Lipinski definition) is 4. The fourth-order valence-corrected chi connectivity index (χ4v) is 3.26. The first-order valence-corrected chi connectivity index (χ1v) is 10.6. The predicted molar refractivity (Wildman–Crippen MR) is 120 cm³/mol. The first-order valence-electron chi connectivity index (χ1n) is 10.6. The SMILES string of the molecule is CC(C)N(NC(=O)c1ccccc1)C(=O)COc1c(F)cc(F)cc1-c1ccccc1OC(F)(F)F. The number of benzene rings is 3. The fourth-order valence-electron chi connectivity index (χ4n) is 3.26. The van der Waals surface area contributed by atoms with E-state index in [4.69, 9.17) is 4.74 Å². The molecule has 11 heteroatoms. The third-order valence-corrected chi connectivity index (χ3v) is 4.79. The molecule has 0 aromatic heterocycles. The van der Waals surface area contributed by atoms with E-state index < -0.39 is 59.5 Å². The molecular formula is C25H21F5N2O4. The minimum absolute atomic E-state index is 0.282. The Hall–Kier alpha value is -4.15. The van der Waals surface area contributed by atoms with Crippen molar-refractivity contribution in [1.29, 1.82) is 0 Å². The van der Waals surface area contributed by atoms with Crippen LogP contribution in [0.5, 0.6) is 11.5 Å². The second kappa shape index (κ2) is 11.1. The molecular weight excluding hydrogens is 487 g/mol. The lowest BCUT2D eigenvalue weighted by Crippen LogP contribution is -2.51. The van der Waals surface area contributed by atoms with E-state index in [1.807, 2.05) is 0 Å². The molecule has 0 radical (unpaired) electrons. The largest absolute Gasteiger partial charge is 0.573 e. The van der Waals surface area contributed by atoms with Crippen LogP contribution in [0.3, 0.4) is 0 Å². The summed E-state index contributed by atoms with van der Waals surface area (Å²) >= 11 is 0. The van der Waals surface area contributed by atoms with E-state index >= 15 is 0 Å². The molecule has 3 rings (SSSR count). The van der Waals surface area contributed by atoms with E-state index in [1.165, 1.54) is 24.3 Å². The number of nitrogens with one attached hydrogen (secondary N) is 1. The molecule has 3 aromatic rings. The van der Waals surface area contributed by atoms with Gasteiger partial charge in [-0.3, -0.25) is 15.0 Å². The number of para-hydroxylation sites is 1. The zero-order valence-electron chi connectivity index (χ0n) is 19.1.